The number of nitrogens with one attached hydrogen (secondary N) is 1. The summed E-state index contributed by atoms with van der Waals surface area (Å²) in [6.45, 7) is 1.65. The molecule has 0 aliphatic heterocycles. The first-order valence-corrected chi connectivity index (χ1v) is 8.95. The highest BCUT2D eigenvalue weighted by atomic mass is 32.2. The molecule has 0 aromatic heterocycles. The van der Waals surface area contributed by atoms with Crippen LogP contribution >= 0.6 is 0 Å². The largest absolute Gasteiger partial charge is 0.278 e. The molecule has 8 heteroatoms. The molecule has 6 nitrogen and oxygen atoms in total. The second-order valence-electron chi connectivity index (χ2n) is 4.41. The van der Waals surface area contributed by atoms with Crippen molar-refractivity contribution in [3.8, 4) is 0 Å². The van der Waals surface area contributed by atoms with E-state index in [1.165, 1.54) is 30.3 Å². The second kappa shape index (κ2) is 5.47. The smallest absolute Gasteiger partial charge is 0.262 e. The first-order chi connectivity index (χ1) is 9.72. The number of sulfonamides is 2. The molecule has 0 saturated carbocycles. The van der Waals surface area contributed by atoms with Crippen molar-refractivity contribution in [3.05, 3.63) is 54.1 Å². The van der Waals surface area contributed by atoms with Crippen LogP contribution in [0.3, 0.4) is 0 Å². The average molecular weight is 326 g/mol. The number of aryl methyl sites for hydroxylation is 1. The highest BCUT2D eigenvalue weighted by Crippen LogP contribution is 2.24. The van der Waals surface area contributed by atoms with Crippen LogP contribution in [0.1, 0.15) is 5.56 Å². The molecule has 0 atom stereocenters. The fourth-order valence-corrected chi connectivity index (χ4v) is 3.94. The molecular formula is C13H14N2O4S2. The van der Waals surface area contributed by atoms with Crippen LogP contribution in [0.4, 0.5) is 5.69 Å². The SMILES string of the molecule is Cc1ccccc1S(=O)(=O)Nc1ccccc1S(N)(=O)=O. The van der Waals surface area contributed by atoms with E-state index in [9.17, 15) is 16.8 Å². The monoisotopic (exact) mass is 326 g/mol. The number of rotatable bonds is 4. The van der Waals surface area contributed by atoms with Crippen LogP contribution in [0.5, 0.6) is 0 Å². The Morgan fingerprint density at radius 1 is 0.857 bits per heavy atom. The molecule has 0 aliphatic carbocycles. The predicted molar refractivity (Wildman–Crippen MR) is 79.8 cm³/mol. The Balaban J connectivity index is 2.51. The maximum absolute atomic E-state index is 12.4. The summed E-state index contributed by atoms with van der Waals surface area (Å²) in [4.78, 5) is -0.198. The normalized spacial score (nSPS) is 12.1. The van der Waals surface area contributed by atoms with Crippen molar-refractivity contribution in [1.29, 1.82) is 0 Å². The van der Waals surface area contributed by atoms with E-state index in [0.29, 0.717) is 5.56 Å². The molecule has 2 rings (SSSR count). The van der Waals surface area contributed by atoms with Crippen LogP contribution in [-0.2, 0) is 20.0 Å². The highest BCUT2D eigenvalue weighted by molar-refractivity contribution is 7.93. The van der Waals surface area contributed by atoms with E-state index < -0.39 is 20.0 Å². The first kappa shape index (κ1) is 15.5. The van der Waals surface area contributed by atoms with Crippen molar-refractivity contribution >= 4 is 25.7 Å². The molecule has 0 saturated heterocycles. The summed E-state index contributed by atoms with van der Waals surface area (Å²) in [7, 11) is -7.92. The van der Waals surface area contributed by atoms with E-state index >= 15 is 0 Å². The molecule has 0 spiro atoms. The van der Waals surface area contributed by atoms with Gasteiger partial charge in [0.25, 0.3) is 10.0 Å². The lowest BCUT2D eigenvalue weighted by Crippen LogP contribution is -2.19. The minimum atomic E-state index is -4.03. The van der Waals surface area contributed by atoms with Crippen molar-refractivity contribution in [2.75, 3.05) is 4.72 Å². The number of hydrogen-bond donors (Lipinski definition) is 2. The van der Waals surface area contributed by atoms with Gasteiger partial charge in [0.15, 0.2) is 0 Å². The Bertz CT molecular complexity index is 875. The van der Waals surface area contributed by atoms with E-state index in [2.05, 4.69) is 4.72 Å². The lowest BCUT2D eigenvalue weighted by molar-refractivity contribution is 0.598. The summed E-state index contributed by atoms with van der Waals surface area (Å²) >= 11 is 0. The number of hydrogen-bond acceptors (Lipinski definition) is 4. The molecule has 0 heterocycles. The van der Waals surface area contributed by atoms with Gasteiger partial charge in [-0.15, -0.1) is 0 Å². The third kappa shape index (κ3) is 3.41. The summed E-state index contributed by atoms with van der Waals surface area (Å²) < 4.78 is 49.9. The molecule has 2 aromatic rings. The van der Waals surface area contributed by atoms with Gasteiger partial charge in [0.1, 0.15) is 4.90 Å². The highest BCUT2D eigenvalue weighted by Gasteiger charge is 2.20. The van der Waals surface area contributed by atoms with E-state index in [1.807, 2.05) is 0 Å². The predicted octanol–water partition coefficient (Wildman–Crippen LogP) is 1.44. The van der Waals surface area contributed by atoms with Crippen molar-refractivity contribution in [2.24, 2.45) is 5.14 Å². The van der Waals surface area contributed by atoms with Crippen molar-refractivity contribution in [3.63, 3.8) is 0 Å². The maximum atomic E-state index is 12.4. The lowest BCUT2D eigenvalue weighted by Gasteiger charge is -2.12. The summed E-state index contributed by atoms with van der Waals surface area (Å²) in [5.41, 5.74) is 0.473. The van der Waals surface area contributed by atoms with Crippen LogP contribution in [0.2, 0.25) is 0 Å². The molecule has 0 radical (unpaired) electrons. The van der Waals surface area contributed by atoms with E-state index in [1.54, 1.807) is 25.1 Å². The minimum absolute atomic E-state index is 0.0780. The van der Waals surface area contributed by atoms with Gasteiger partial charge in [0.2, 0.25) is 10.0 Å². The van der Waals surface area contributed by atoms with Gasteiger partial charge in [-0.25, -0.2) is 22.0 Å². The van der Waals surface area contributed by atoms with Crippen LogP contribution in [0, 0.1) is 6.92 Å². The van der Waals surface area contributed by atoms with Crippen molar-refractivity contribution in [1.82, 2.24) is 0 Å². The summed E-state index contributed by atoms with van der Waals surface area (Å²) in [6, 6.07) is 12.0. The van der Waals surface area contributed by atoms with Gasteiger partial charge in [-0.2, -0.15) is 0 Å². The number of benzene rings is 2. The number of primary sulfonamides is 1. The van der Waals surface area contributed by atoms with Crippen LogP contribution in [0.25, 0.3) is 0 Å². The molecule has 0 bridgehead atoms. The summed E-state index contributed by atoms with van der Waals surface area (Å²) in [6.07, 6.45) is 0. The molecule has 3 N–H and O–H groups in total. The zero-order valence-electron chi connectivity index (χ0n) is 11.1. The first-order valence-electron chi connectivity index (χ1n) is 5.92. The van der Waals surface area contributed by atoms with E-state index in [0.717, 1.165) is 0 Å². The third-order valence-corrected chi connectivity index (χ3v) is 5.32. The molecule has 21 heavy (non-hydrogen) atoms. The zero-order chi connectivity index (χ0) is 15.7. The van der Waals surface area contributed by atoms with E-state index in [-0.39, 0.29) is 15.5 Å². The van der Waals surface area contributed by atoms with Gasteiger partial charge in [-0.3, -0.25) is 4.72 Å². The fraction of sp³-hybridized carbons (Fsp3) is 0.0769. The quantitative estimate of drug-likeness (QED) is 0.886. The third-order valence-electron chi connectivity index (χ3n) is 2.82. The number of nitrogens with two attached hydrogens (primary N) is 1. The molecular weight excluding hydrogens is 312 g/mol. The van der Waals surface area contributed by atoms with Gasteiger partial charge < -0.3 is 0 Å². The van der Waals surface area contributed by atoms with Crippen LogP contribution in [-0.4, -0.2) is 16.8 Å². The Kier molecular flexibility index (Phi) is 4.04. The Morgan fingerprint density at radius 2 is 1.38 bits per heavy atom. The van der Waals surface area contributed by atoms with Crippen molar-refractivity contribution in [2.45, 2.75) is 16.7 Å². The van der Waals surface area contributed by atoms with Gasteiger partial charge in [0, 0.05) is 0 Å². The number of anilines is 1. The number of para-hydroxylation sites is 1. The standard InChI is InChI=1S/C13H14N2O4S2/c1-10-6-2-4-8-12(10)21(18,19)15-11-7-3-5-9-13(11)20(14,16)17/h2-9,15H,1H3,(H2,14,16,17). The molecule has 0 amide bonds. The van der Waals surface area contributed by atoms with Crippen LogP contribution < -0.4 is 9.86 Å². The molecule has 0 fully saturated rings. The Hall–Kier alpha value is -1.90. The average Bonchev–Trinajstić information content (AvgIpc) is 2.38. The Labute approximate surface area is 123 Å². The lowest BCUT2D eigenvalue weighted by atomic mass is 10.2. The van der Waals surface area contributed by atoms with Gasteiger partial charge in [-0.05, 0) is 30.7 Å². The second-order valence-corrected chi connectivity index (χ2v) is 7.59. The zero-order valence-corrected chi connectivity index (χ0v) is 12.8. The van der Waals surface area contributed by atoms with Crippen LogP contribution in [0.15, 0.2) is 58.3 Å². The molecule has 2 aromatic carbocycles. The molecule has 0 aliphatic rings. The summed E-state index contributed by atoms with van der Waals surface area (Å²) in [5, 5.41) is 5.08. The van der Waals surface area contributed by atoms with Crippen molar-refractivity contribution < 1.29 is 16.8 Å². The van der Waals surface area contributed by atoms with Gasteiger partial charge in [0.05, 0.1) is 10.6 Å². The molecule has 112 valence electrons. The van der Waals surface area contributed by atoms with Gasteiger partial charge in [-0.1, -0.05) is 30.3 Å². The topological polar surface area (TPSA) is 106 Å². The summed E-state index contributed by atoms with van der Waals surface area (Å²) in [5.74, 6) is 0. The van der Waals surface area contributed by atoms with Gasteiger partial charge >= 0.3 is 0 Å². The minimum Gasteiger partial charge on any atom is -0.278 e. The Morgan fingerprint density at radius 3 is 1.95 bits per heavy atom. The maximum Gasteiger partial charge on any atom is 0.262 e. The fourth-order valence-electron chi connectivity index (χ4n) is 1.86. The van der Waals surface area contributed by atoms with E-state index in [4.69, 9.17) is 5.14 Å². The molecule has 0 unspecified atom stereocenters.